The Morgan fingerprint density at radius 2 is 2.15 bits per heavy atom. The zero-order valence-electron chi connectivity index (χ0n) is 7.81. The molecule has 1 unspecified atom stereocenters. The predicted octanol–water partition coefficient (Wildman–Crippen LogP) is -0.864. The molecule has 0 amide bonds. The molecule has 1 atom stereocenters. The summed E-state index contributed by atoms with van der Waals surface area (Å²) in [5.74, 6) is -0.918. The van der Waals surface area contributed by atoms with E-state index in [1.807, 2.05) is 6.92 Å². The summed E-state index contributed by atoms with van der Waals surface area (Å²) in [5, 5.41) is 26.2. The maximum absolute atomic E-state index is 10.4. The minimum Gasteiger partial charge on any atom is -0.480 e. The first-order chi connectivity index (χ1) is 6.10. The number of aliphatic hydroxyl groups excluding tert-OH is 2. The van der Waals surface area contributed by atoms with Gasteiger partial charge in [0.2, 0.25) is 0 Å². The van der Waals surface area contributed by atoms with Crippen LogP contribution in [0.4, 0.5) is 0 Å². The van der Waals surface area contributed by atoms with Crippen LogP contribution in [-0.4, -0.2) is 58.5 Å². The minimum absolute atomic E-state index is 0.0924. The van der Waals surface area contributed by atoms with Crippen molar-refractivity contribution in [3.8, 4) is 0 Å². The zero-order valence-corrected chi connectivity index (χ0v) is 7.81. The SMILES string of the molecule is CCCN(CC(=O)O)CC(O)CO. The maximum atomic E-state index is 10.4. The van der Waals surface area contributed by atoms with Gasteiger partial charge in [0, 0.05) is 6.54 Å². The standard InChI is InChI=1S/C8H17NO4/c1-2-3-9(5-8(12)13)4-7(11)6-10/h7,10-11H,2-6H2,1H3,(H,12,13). The van der Waals surface area contributed by atoms with E-state index in [9.17, 15) is 4.79 Å². The molecule has 0 fully saturated rings. The van der Waals surface area contributed by atoms with Gasteiger partial charge in [0.25, 0.3) is 0 Å². The van der Waals surface area contributed by atoms with Gasteiger partial charge in [-0.3, -0.25) is 9.69 Å². The molecule has 5 nitrogen and oxygen atoms in total. The summed E-state index contributed by atoms with van der Waals surface area (Å²) in [5.41, 5.74) is 0. The van der Waals surface area contributed by atoms with Gasteiger partial charge in [-0.25, -0.2) is 0 Å². The molecule has 0 bridgehead atoms. The Balaban J connectivity index is 3.85. The van der Waals surface area contributed by atoms with E-state index in [2.05, 4.69) is 0 Å². The summed E-state index contributed by atoms with van der Waals surface area (Å²) >= 11 is 0. The molecule has 0 heterocycles. The lowest BCUT2D eigenvalue weighted by atomic mass is 10.3. The molecule has 0 saturated heterocycles. The molecule has 0 aromatic heterocycles. The Morgan fingerprint density at radius 3 is 2.54 bits per heavy atom. The summed E-state index contributed by atoms with van der Waals surface area (Å²) in [7, 11) is 0. The average molecular weight is 191 g/mol. The van der Waals surface area contributed by atoms with Crippen LogP contribution >= 0.6 is 0 Å². The van der Waals surface area contributed by atoms with Crippen LogP contribution in [-0.2, 0) is 4.79 Å². The van der Waals surface area contributed by atoms with Crippen LogP contribution in [0.1, 0.15) is 13.3 Å². The predicted molar refractivity (Wildman–Crippen MR) is 47.5 cm³/mol. The Kier molecular flexibility index (Phi) is 6.48. The molecular weight excluding hydrogens is 174 g/mol. The highest BCUT2D eigenvalue weighted by molar-refractivity contribution is 5.69. The number of hydrogen-bond donors (Lipinski definition) is 3. The Hall–Kier alpha value is -0.650. The molecule has 0 radical (unpaired) electrons. The third kappa shape index (κ3) is 6.51. The largest absolute Gasteiger partial charge is 0.480 e. The summed E-state index contributed by atoms with van der Waals surface area (Å²) in [4.78, 5) is 12.0. The van der Waals surface area contributed by atoms with Crippen LogP contribution in [0.3, 0.4) is 0 Å². The molecule has 0 aliphatic heterocycles. The highest BCUT2D eigenvalue weighted by Gasteiger charge is 2.12. The van der Waals surface area contributed by atoms with E-state index in [1.54, 1.807) is 4.90 Å². The number of hydrogen-bond acceptors (Lipinski definition) is 4. The molecule has 0 spiro atoms. The van der Waals surface area contributed by atoms with E-state index in [4.69, 9.17) is 15.3 Å². The lowest BCUT2D eigenvalue weighted by molar-refractivity contribution is -0.138. The second kappa shape index (κ2) is 6.82. The van der Waals surface area contributed by atoms with E-state index in [0.717, 1.165) is 6.42 Å². The molecule has 0 aliphatic carbocycles. The fraction of sp³-hybridized carbons (Fsp3) is 0.875. The van der Waals surface area contributed by atoms with E-state index in [1.165, 1.54) is 0 Å². The average Bonchev–Trinajstić information content (AvgIpc) is 2.03. The molecule has 78 valence electrons. The molecule has 3 N–H and O–H groups in total. The van der Waals surface area contributed by atoms with Gasteiger partial charge in [0.1, 0.15) is 0 Å². The van der Waals surface area contributed by atoms with Crippen LogP contribution in [0.2, 0.25) is 0 Å². The third-order valence-electron chi connectivity index (χ3n) is 1.58. The molecule has 13 heavy (non-hydrogen) atoms. The Morgan fingerprint density at radius 1 is 1.54 bits per heavy atom. The van der Waals surface area contributed by atoms with Crippen molar-refractivity contribution >= 4 is 5.97 Å². The van der Waals surface area contributed by atoms with Crippen molar-refractivity contribution in [2.75, 3.05) is 26.2 Å². The number of rotatable bonds is 7. The topological polar surface area (TPSA) is 81.0 Å². The van der Waals surface area contributed by atoms with Crippen molar-refractivity contribution in [3.63, 3.8) is 0 Å². The molecule has 0 rings (SSSR count). The number of aliphatic carboxylic acids is 1. The first-order valence-corrected chi connectivity index (χ1v) is 4.33. The number of aliphatic hydroxyl groups is 2. The zero-order chi connectivity index (χ0) is 10.3. The van der Waals surface area contributed by atoms with E-state index >= 15 is 0 Å². The summed E-state index contributed by atoms with van der Waals surface area (Å²) in [6, 6.07) is 0. The molecule has 0 aromatic rings. The third-order valence-corrected chi connectivity index (χ3v) is 1.58. The van der Waals surface area contributed by atoms with Crippen molar-refractivity contribution in [2.45, 2.75) is 19.4 Å². The van der Waals surface area contributed by atoms with Gasteiger partial charge in [-0.15, -0.1) is 0 Å². The molecular formula is C8H17NO4. The molecule has 0 aliphatic rings. The number of carboxylic acids is 1. The van der Waals surface area contributed by atoms with Gasteiger partial charge in [0.15, 0.2) is 0 Å². The van der Waals surface area contributed by atoms with Gasteiger partial charge in [0.05, 0.1) is 19.3 Å². The smallest absolute Gasteiger partial charge is 0.317 e. The first-order valence-electron chi connectivity index (χ1n) is 4.33. The van der Waals surface area contributed by atoms with Crippen molar-refractivity contribution in [1.82, 2.24) is 4.90 Å². The van der Waals surface area contributed by atoms with Gasteiger partial charge in [-0.1, -0.05) is 6.92 Å². The summed E-state index contributed by atoms with van der Waals surface area (Å²) in [6.45, 7) is 2.32. The van der Waals surface area contributed by atoms with Crippen molar-refractivity contribution in [1.29, 1.82) is 0 Å². The molecule has 0 saturated carbocycles. The van der Waals surface area contributed by atoms with Gasteiger partial charge >= 0.3 is 5.97 Å². The van der Waals surface area contributed by atoms with Gasteiger partial charge < -0.3 is 15.3 Å². The van der Waals surface area contributed by atoms with Crippen molar-refractivity contribution in [2.24, 2.45) is 0 Å². The molecule has 5 heteroatoms. The highest BCUT2D eigenvalue weighted by atomic mass is 16.4. The van der Waals surface area contributed by atoms with Crippen molar-refractivity contribution in [3.05, 3.63) is 0 Å². The Bertz CT molecular complexity index is 151. The summed E-state index contributed by atoms with van der Waals surface area (Å²) < 4.78 is 0. The quantitative estimate of drug-likeness (QED) is 0.487. The highest BCUT2D eigenvalue weighted by Crippen LogP contribution is 1.94. The lowest BCUT2D eigenvalue weighted by Gasteiger charge is -2.21. The normalized spacial score (nSPS) is 13.2. The maximum Gasteiger partial charge on any atom is 0.317 e. The van der Waals surface area contributed by atoms with Gasteiger partial charge in [-0.05, 0) is 13.0 Å². The monoisotopic (exact) mass is 191 g/mol. The Labute approximate surface area is 77.6 Å². The summed E-state index contributed by atoms with van der Waals surface area (Å²) in [6.07, 6.45) is -0.0308. The van der Waals surface area contributed by atoms with E-state index in [0.29, 0.717) is 6.54 Å². The van der Waals surface area contributed by atoms with E-state index < -0.39 is 12.1 Å². The number of nitrogens with zero attached hydrogens (tertiary/aromatic N) is 1. The molecule has 0 aromatic carbocycles. The number of carbonyl (C=O) groups is 1. The van der Waals surface area contributed by atoms with E-state index in [-0.39, 0.29) is 19.7 Å². The fourth-order valence-electron chi connectivity index (χ4n) is 1.10. The first kappa shape index (κ1) is 12.3. The van der Waals surface area contributed by atoms with Crippen LogP contribution in [0.5, 0.6) is 0 Å². The minimum atomic E-state index is -0.918. The fourth-order valence-corrected chi connectivity index (χ4v) is 1.10. The lowest BCUT2D eigenvalue weighted by Crippen LogP contribution is -2.38. The number of carboxylic acid groups (broad SMARTS) is 1. The van der Waals surface area contributed by atoms with Crippen LogP contribution in [0.15, 0.2) is 0 Å². The van der Waals surface area contributed by atoms with Crippen molar-refractivity contribution < 1.29 is 20.1 Å². The second-order valence-corrected chi connectivity index (χ2v) is 2.97. The van der Waals surface area contributed by atoms with Crippen LogP contribution in [0.25, 0.3) is 0 Å². The van der Waals surface area contributed by atoms with Crippen LogP contribution < -0.4 is 0 Å². The second-order valence-electron chi connectivity index (χ2n) is 2.97. The van der Waals surface area contributed by atoms with Crippen LogP contribution in [0, 0.1) is 0 Å². The van der Waals surface area contributed by atoms with Gasteiger partial charge in [-0.2, -0.15) is 0 Å².